The zero-order valence-electron chi connectivity index (χ0n) is 14.6. The summed E-state index contributed by atoms with van der Waals surface area (Å²) >= 11 is 1.62. The van der Waals surface area contributed by atoms with Crippen molar-refractivity contribution < 1.29 is 4.42 Å². The lowest BCUT2D eigenvalue weighted by Crippen LogP contribution is -2.26. The van der Waals surface area contributed by atoms with Crippen LogP contribution in [0.2, 0.25) is 0 Å². The lowest BCUT2D eigenvalue weighted by Gasteiger charge is -2.18. The molecule has 1 aliphatic heterocycles. The molecule has 4 aromatic rings. The Morgan fingerprint density at radius 1 is 1.04 bits per heavy atom. The molecule has 0 spiro atoms. The van der Waals surface area contributed by atoms with E-state index >= 15 is 0 Å². The Labute approximate surface area is 155 Å². The standard InChI is InChI=1S/C19H21N5OS/c1-2-6-11-23(10-5-1)12-9-17-22-24-18(20-21-19(24)26-17)16-13-14-7-3-4-8-15(14)25-16/h3-4,7-8,13H,1-2,5-6,9-12H2. The third kappa shape index (κ3) is 3.01. The smallest absolute Gasteiger partial charge is 0.235 e. The van der Waals surface area contributed by atoms with Crippen molar-refractivity contribution in [1.29, 1.82) is 0 Å². The van der Waals surface area contributed by atoms with E-state index in [4.69, 9.17) is 9.52 Å². The summed E-state index contributed by atoms with van der Waals surface area (Å²) in [5.74, 6) is 1.39. The fourth-order valence-electron chi connectivity index (χ4n) is 3.62. The third-order valence-corrected chi connectivity index (χ3v) is 5.98. The number of hydrogen-bond donors (Lipinski definition) is 0. The van der Waals surface area contributed by atoms with Crippen LogP contribution in [-0.4, -0.2) is 44.3 Å². The topological polar surface area (TPSA) is 59.5 Å². The van der Waals surface area contributed by atoms with E-state index in [9.17, 15) is 0 Å². The second-order valence-corrected chi connectivity index (χ2v) is 7.91. The Balaban J connectivity index is 1.38. The summed E-state index contributed by atoms with van der Waals surface area (Å²) in [4.78, 5) is 3.39. The molecule has 0 bridgehead atoms. The van der Waals surface area contributed by atoms with Gasteiger partial charge in [0.05, 0.1) is 0 Å². The van der Waals surface area contributed by atoms with Gasteiger partial charge >= 0.3 is 0 Å². The van der Waals surface area contributed by atoms with Crippen LogP contribution in [0.15, 0.2) is 34.7 Å². The van der Waals surface area contributed by atoms with Crippen molar-refractivity contribution >= 4 is 27.3 Å². The van der Waals surface area contributed by atoms with Gasteiger partial charge in [-0.3, -0.25) is 0 Å². The van der Waals surface area contributed by atoms with Gasteiger partial charge in [-0.2, -0.15) is 9.61 Å². The fraction of sp³-hybridized carbons (Fsp3) is 0.421. The van der Waals surface area contributed by atoms with Crippen molar-refractivity contribution in [3.8, 4) is 11.6 Å². The predicted octanol–water partition coefficient (Wildman–Crippen LogP) is 4.02. The first-order chi connectivity index (χ1) is 12.9. The molecule has 0 unspecified atom stereocenters. The molecule has 1 fully saturated rings. The highest BCUT2D eigenvalue weighted by Crippen LogP contribution is 2.28. The second-order valence-electron chi connectivity index (χ2n) is 6.87. The number of fused-ring (bicyclic) bond motifs is 2. The highest BCUT2D eigenvalue weighted by atomic mass is 32.1. The number of hydrogen-bond acceptors (Lipinski definition) is 6. The third-order valence-electron chi connectivity index (χ3n) is 5.02. The zero-order valence-corrected chi connectivity index (χ0v) is 15.4. The second kappa shape index (κ2) is 6.81. The van der Waals surface area contributed by atoms with E-state index < -0.39 is 0 Å². The molecular weight excluding hydrogens is 346 g/mol. The van der Waals surface area contributed by atoms with Crippen LogP contribution in [0.4, 0.5) is 0 Å². The first kappa shape index (κ1) is 16.0. The van der Waals surface area contributed by atoms with Crippen LogP contribution in [-0.2, 0) is 6.42 Å². The van der Waals surface area contributed by atoms with Crippen molar-refractivity contribution in [3.05, 3.63) is 35.3 Å². The molecule has 0 amide bonds. The lowest BCUT2D eigenvalue weighted by molar-refractivity contribution is 0.288. The first-order valence-corrected chi connectivity index (χ1v) is 10.1. The maximum Gasteiger partial charge on any atom is 0.235 e. The minimum absolute atomic E-state index is 0.675. The Hall–Kier alpha value is -2.25. The molecule has 0 radical (unpaired) electrons. The first-order valence-electron chi connectivity index (χ1n) is 9.29. The summed E-state index contributed by atoms with van der Waals surface area (Å²) in [6.07, 6.45) is 6.35. The molecule has 4 heterocycles. The van der Waals surface area contributed by atoms with Crippen LogP contribution in [0.1, 0.15) is 30.7 Å². The van der Waals surface area contributed by atoms with Crippen LogP contribution < -0.4 is 0 Å². The maximum absolute atomic E-state index is 5.93. The molecule has 6 nitrogen and oxygen atoms in total. The maximum atomic E-state index is 5.93. The number of rotatable bonds is 4. The van der Waals surface area contributed by atoms with Crippen molar-refractivity contribution in [2.75, 3.05) is 19.6 Å². The van der Waals surface area contributed by atoms with E-state index in [2.05, 4.69) is 15.1 Å². The van der Waals surface area contributed by atoms with E-state index in [0.717, 1.165) is 33.9 Å². The molecule has 3 aromatic heterocycles. The number of furan rings is 1. The molecule has 1 saturated heterocycles. The highest BCUT2D eigenvalue weighted by molar-refractivity contribution is 7.16. The zero-order chi connectivity index (χ0) is 17.3. The molecule has 0 N–H and O–H groups in total. The van der Waals surface area contributed by atoms with Crippen LogP contribution >= 0.6 is 11.3 Å². The van der Waals surface area contributed by atoms with Gasteiger partial charge in [-0.1, -0.05) is 42.4 Å². The molecule has 0 saturated carbocycles. The number of aromatic nitrogens is 4. The van der Waals surface area contributed by atoms with Crippen molar-refractivity contribution in [3.63, 3.8) is 0 Å². The van der Waals surface area contributed by atoms with Gasteiger partial charge < -0.3 is 9.32 Å². The Morgan fingerprint density at radius 2 is 1.88 bits per heavy atom. The van der Waals surface area contributed by atoms with Crippen LogP contribution in [0.25, 0.3) is 27.5 Å². The van der Waals surface area contributed by atoms with E-state index in [-0.39, 0.29) is 0 Å². The Morgan fingerprint density at radius 3 is 2.73 bits per heavy atom. The van der Waals surface area contributed by atoms with Gasteiger partial charge in [0.2, 0.25) is 10.8 Å². The monoisotopic (exact) mass is 367 g/mol. The molecular formula is C19H21N5OS. The Kier molecular flexibility index (Phi) is 4.18. The average Bonchev–Trinajstić information content (AvgIpc) is 3.29. The quantitative estimate of drug-likeness (QED) is 0.545. The van der Waals surface area contributed by atoms with Crippen molar-refractivity contribution in [2.24, 2.45) is 0 Å². The molecule has 26 heavy (non-hydrogen) atoms. The van der Waals surface area contributed by atoms with Gasteiger partial charge in [-0.15, -0.1) is 10.2 Å². The highest BCUT2D eigenvalue weighted by Gasteiger charge is 2.17. The van der Waals surface area contributed by atoms with E-state index in [1.165, 1.54) is 38.8 Å². The Bertz CT molecular complexity index is 992. The molecule has 7 heteroatoms. The minimum Gasteiger partial charge on any atom is -0.453 e. The van der Waals surface area contributed by atoms with Gasteiger partial charge in [-0.25, -0.2) is 0 Å². The largest absolute Gasteiger partial charge is 0.453 e. The SMILES string of the molecule is c1ccc2oc(-c3nnc4sc(CCN5CCCCCC5)nn34)cc2c1. The van der Waals surface area contributed by atoms with E-state index in [1.54, 1.807) is 11.3 Å². The number of para-hydroxylation sites is 1. The number of benzene rings is 1. The summed E-state index contributed by atoms with van der Waals surface area (Å²) in [5.41, 5.74) is 0.857. The van der Waals surface area contributed by atoms with Gasteiger partial charge in [0, 0.05) is 18.4 Å². The van der Waals surface area contributed by atoms with E-state index in [0.29, 0.717) is 11.6 Å². The number of nitrogens with zero attached hydrogens (tertiary/aromatic N) is 5. The van der Waals surface area contributed by atoms with Crippen LogP contribution in [0.5, 0.6) is 0 Å². The summed E-state index contributed by atoms with van der Waals surface area (Å²) in [7, 11) is 0. The lowest BCUT2D eigenvalue weighted by atomic mass is 10.2. The average molecular weight is 367 g/mol. The molecule has 0 aliphatic carbocycles. The molecule has 5 rings (SSSR count). The van der Waals surface area contributed by atoms with Gasteiger partial charge in [-0.05, 0) is 38.1 Å². The summed E-state index contributed by atoms with van der Waals surface area (Å²) in [6.45, 7) is 3.51. The summed E-state index contributed by atoms with van der Waals surface area (Å²) < 4.78 is 7.75. The molecule has 1 aliphatic rings. The fourth-order valence-corrected chi connectivity index (χ4v) is 4.44. The van der Waals surface area contributed by atoms with Gasteiger partial charge in [0.25, 0.3) is 0 Å². The molecule has 134 valence electrons. The predicted molar refractivity (Wildman–Crippen MR) is 102 cm³/mol. The van der Waals surface area contributed by atoms with Crippen LogP contribution in [0, 0.1) is 0 Å². The van der Waals surface area contributed by atoms with Gasteiger partial charge in [0.15, 0.2) is 5.76 Å². The minimum atomic E-state index is 0.675. The van der Waals surface area contributed by atoms with Crippen molar-refractivity contribution in [2.45, 2.75) is 32.1 Å². The summed E-state index contributed by atoms with van der Waals surface area (Å²) in [5, 5.41) is 15.5. The normalized spacial score (nSPS) is 16.5. The molecule has 0 atom stereocenters. The van der Waals surface area contributed by atoms with Crippen LogP contribution in [0.3, 0.4) is 0 Å². The van der Waals surface area contributed by atoms with Gasteiger partial charge in [0.1, 0.15) is 10.6 Å². The number of likely N-dealkylation sites (tertiary alicyclic amines) is 1. The summed E-state index contributed by atoms with van der Waals surface area (Å²) in [6, 6.07) is 9.98. The van der Waals surface area contributed by atoms with Crippen molar-refractivity contribution in [1.82, 2.24) is 24.7 Å². The molecule has 1 aromatic carbocycles. The van der Waals surface area contributed by atoms with E-state index in [1.807, 2.05) is 34.8 Å².